The van der Waals surface area contributed by atoms with Crippen LogP contribution < -0.4 is 11.5 Å². The van der Waals surface area contributed by atoms with Crippen molar-refractivity contribution in [3.63, 3.8) is 0 Å². The van der Waals surface area contributed by atoms with Gasteiger partial charge in [0.25, 0.3) is 0 Å². The highest BCUT2D eigenvalue weighted by molar-refractivity contribution is 5.56. The van der Waals surface area contributed by atoms with Crippen LogP contribution in [0.2, 0.25) is 0 Å². The fourth-order valence-electron chi connectivity index (χ4n) is 4.45. The van der Waals surface area contributed by atoms with Gasteiger partial charge in [0.05, 0.1) is 0 Å². The quantitative estimate of drug-likeness (QED) is 0.676. The third-order valence-corrected chi connectivity index (χ3v) is 5.79. The molecule has 0 saturated heterocycles. The first-order valence-electron chi connectivity index (χ1n) is 9.73. The Hall–Kier alpha value is -0.600. The second-order valence-electron chi connectivity index (χ2n) is 9.86. The lowest BCUT2D eigenvalue weighted by Crippen LogP contribution is -2.35. The van der Waals surface area contributed by atoms with E-state index < -0.39 is 0 Å². The first kappa shape index (κ1) is 21.4. The van der Waals surface area contributed by atoms with Crippen LogP contribution in [0.5, 0.6) is 0 Å². The number of allylic oxidation sites excluding steroid dienone is 2. The Bertz CT molecular complexity index is 516. The summed E-state index contributed by atoms with van der Waals surface area (Å²) in [5, 5.41) is 0. The van der Waals surface area contributed by atoms with Gasteiger partial charge in [0.1, 0.15) is 0 Å². The Morgan fingerprint density at radius 3 is 1.54 bits per heavy atom. The van der Waals surface area contributed by atoms with Gasteiger partial charge in [-0.2, -0.15) is 0 Å². The maximum Gasteiger partial charge on any atom is 0.00506 e. The van der Waals surface area contributed by atoms with E-state index in [1.807, 2.05) is 0 Å². The minimum Gasteiger partial charge on any atom is -0.330 e. The number of rotatable bonds is 7. The molecule has 0 aromatic rings. The summed E-state index contributed by atoms with van der Waals surface area (Å²) in [6.07, 6.45) is 0. The van der Waals surface area contributed by atoms with Crippen molar-refractivity contribution < 1.29 is 0 Å². The van der Waals surface area contributed by atoms with Crippen LogP contribution >= 0.6 is 0 Å². The molecule has 1 unspecified atom stereocenters. The van der Waals surface area contributed by atoms with Crippen molar-refractivity contribution in [1.29, 1.82) is 0 Å². The maximum absolute atomic E-state index is 6.25. The second kappa shape index (κ2) is 7.33. The van der Waals surface area contributed by atoms with Gasteiger partial charge < -0.3 is 11.5 Å². The van der Waals surface area contributed by atoms with Crippen molar-refractivity contribution in [3.8, 4) is 0 Å². The standard InChI is InChI=1S/C22H42N2/c1-13(2)16-17(14(3)4)19(21(7,8)11-23)20(18(16)15(5)6)22(9,10)12-24/h13-15,17H,11-12,23-24H2,1-10H3. The van der Waals surface area contributed by atoms with Crippen molar-refractivity contribution >= 4 is 0 Å². The molecule has 0 amide bonds. The van der Waals surface area contributed by atoms with E-state index in [2.05, 4.69) is 69.2 Å². The summed E-state index contributed by atoms with van der Waals surface area (Å²) >= 11 is 0. The number of hydrogen-bond donors (Lipinski definition) is 2. The molecular weight excluding hydrogens is 292 g/mol. The van der Waals surface area contributed by atoms with Crippen LogP contribution in [0.25, 0.3) is 0 Å². The van der Waals surface area contributed by atoms with Crippen molar-refractivity contribution in [2.75, 3.05) is 13.1 Å². The van der Waals surface area contributed by atoms with Crippen molar-refractivity contribution in [1.82, 2.24) is 0 Å². The Kier molecular flexibility index (Phi) is 6.55. The van der Waals surface area contributed by atoms with Crippen LogP contribution in [0.4, 0.5) is 0 Å². The molecule has 2 heteroatoms. The molecule has 24 heavy (non-hydrogen) atoms. The molecule has 0 saturated carbocycles. The summed E-state index contributed by atoms with van der Waals surface area (Å²) in [5.41, 5.74) is 18.7. The van der Waals surface area contributed by atoms with E-state index in [0.717, 1.165) is 0 Å². The third kappa shape index (κ3) is 3.65. The molecule has 2 nitrogen and oxygen atoms in total. The van der Waals surface area contributed by atoms with Gasteiger partial charge in [-0.1, -0.05) is 80.4 Å². The van der Waals surface area contributed by atoms with Crippen LogP contribution in [0, 0.1) is 34.5 Å². The summed E-state index contributed by atoms with van der Waals surface area (Å²) in [6.45, 7) is 24.6. The van der Waals surface area contributed by atoms with E-state index in [4.69, 9.17) is 11.5 Å². The van der Waals surface area contributed by atoms with Gasteiger partial charge in [0.2, 0.25) is 0 Å². The minimum absolute atomic E-state index is 0.00646. The minimum atomic E-state index is -0.0227. The Morgan fingerprint density at radius 2 is 1.25 bits per heavy atom. The summed E-state index contributed by atoms with van der Waals surface area (Å²) < 4.78 is 0. The molecule has 0 bridgehead atoms. The molecule has 4 N–H and O–H groups in total. The molecule has 0 heterocycles. The SMILES string of the molecule is CC(C)C1=C(C(C)C)C(C(C)C)C(C(C)(C)CN)=C1C(C)(C)CN. The highest BCUT2D eigenvalue weighted by atomic mass is 14.6. The zero-order valence-corrected chi connectivity index (χ0v) is 17.9. The molecule has 1 rings (SSSR count). The van der Waals surface area contributed by atoms with Gasteiger partial charge in [-0.25, -0.2) is 0 Å². The fourth-order valence-corrected chi connectivity index (χ4v) is 4.45. The van der Waals surface area contributed by atoms with Gasteiger partial charge in [-0.3, -0.25) is 0 Å². The van der Waals surface area contributed by atoms with E-state index in [1.165, 1.54) is 5.57 Å². The summed E-state index contributed by atoms with van der Waals surface area (Å²) in [7, 11) is 0. The topological polar surface area (TPSA) is 52.0 Å². The third-order valence-electron chi connectivity index (χ3n) is 5.79. The molecule has 1 atom stereocenters. The summed E-state index contributed by atoms with van der Waals surface area (Å²) in [5.74, 6) is 2.12. The Balaban J connectivity index is 3.92. The highest BCUT2D eigenvalue weighted by Gasteiger charge is 2.46. The zero-order chi connectivity index (χ0) is 19.0. The Labute approximate surface area is 151 Å². The Morgan fingerprint density at radius 1 is 0.792 bits per heavy atom. The predicted octanol–water partition coefficient (Wildman–Crippen LogP) is 5.15. The zero-order valence-electron chi connectivity index (χ0n) is 17.9. The molecule has 0 fully saturated rings. The molecule has 140 valence electrons. The maximum atomic E-state index is 6.25. The molecule has 0 aromatic heterocycles. The van der Waals surface area contributed by atoms with Crippen molar-refractivity contribution in [2.45, 2.75) is 69.2 Å². The van der Waals surface area contributed by atoms with Gasteiger partial charge >= 0.3 is 0 Å². The lowest BCUT2D eigenvalue weighted by Gasteiger charge is -2.38. The van der Waals surface area contributed by atoms with Crippen molar-refractivity contribution in [2.24, 2.45) is 46.0 Å². The molecule has 0 spiro atoms. The van der Waals surface area contributed by atoms with Gasteiger partial charge in [-0.15, -0.1) is 0 Å². The molecule has 1 aliphatic carbocycles. The molecular formula is C22H42N2. The molecule has 0 aromatic carbocycles. The lowest BCUT2D eigenvalue weighted by molar-refractivity contribution is 0.347. The van der Waals surface area contributed by atoms with E-state index in [1.54, 1.807) is 16.7 Å². The lowest BCUT2D eigenvalue weighted by atomic mass is 9.67. The largest absolute Gasteiger partial charge is 0.330 e. The molecule has 0 aliphatic heterocycles. The molecule has 0 radical (unpaired) electrons. The van der Waals surface area contributed by atoms with E-state index in [0.29, 0.717) is 36.8 Å². The van der Waals surface area contributed by atoms with E-state index in [9.17, 15) is 0 Å². The van der Waals surface area contributed by atoms with Crippen LogP contribution in [0.3, 0.4) is 0 Å². The van der Waals surface area contributed by atoms with Crippen LogP contribution in [-0.4, -0.2) is 13.1 Å². The first-order chi connectivity index (χ1) is 10.8. The monoisotopic (exact) mass is 334 g/mol. The summed E-state index contributed by atoms with van der Waals surface area (Å²) in [4.78, 5) is 0. The van der Waals surface area contributed by atoms with Gasteiger partial charge in [0, 0.05) is 24.4 Å². The normalized spacial score (nSPS) is 20.4. The van der Waals surface area contributed by atoms with Crippen LogP contribution in [-0.2, 0) is 0 Å². The van der Waals surface area contributed by atoms with Gasteiger partial charge in [0.15, 0.2) is 0 Å². The van der Waals surface area contributed by atoms with Crippen molar-refractivity contribution in [3.05, 3.63) is 22.3 Å². The highest BCUT2D eigenvalue weighted by Crippen LogP contribution is 2.56. The average Bonchev–Trinajstić information content (AvgIpc) is 2.85. The number of hydrogen-bond acceptors (Lipinski definition) is 2. The summed E-state index contributed by atoms with van der Waals surface area (Å²) in [6, 6.07) is 0. The van der Waals surface area contributed by atoms with Crippen LogP contribution in [0.1, 0.15) is 69.2 Å². The second-order valence-corrected chi connectivity index (χ2v) is 9.86. The molecule has 1 aliphatic rings. The predicted molar refractivity (Wildman–Crippen MR) is 108 cm³/mol. The van der Waals surface area contributed by atoms with E-state index in [-0.39, 0.29) is 10.8 Å². The average molecular weight is 335 g/mol. The smallest absolute Gasteiger partial charge is 0.00506 e. The number of nitrogens with two attached hydrogens (primary N) is 2. The fraction of sp³-hybridized carbons (Fsp3) is 0.818. The van der Waals surface area contributed by atoms with Crippen LogP contribution in [0.15, 0.2) is 22.3 Å². The van der Waals surface area contributed by atoms with Gasteiger partial charge in [-0.05, 0) is 34.3 Å². The first-order valence-corrected chi connectivity index (χ1v) is 9.73. The van der Waals surface area contributed by atoms with E-state index >= 15 is 0 Å².